The third-order valence-corrected chi connectivity index (χ3v) is 5.87. The SMILES string of the molecule is CCn1c(SCC(=O)N2CCCC2)nnc1-c1cc2ccccc2cc1O. The van der Waals surface area contributed by atoms with Crippen LogP contribution < -0.4 is 0 Å². The summed E-state index contributed by atoms with van der Waals surface area (Å²) >= 11 is 1.41. The number of thioether (sulfide) groups is 1. The molecule has 1 fully saturated rings. The molecular formula is C20H22N4O2S. The number of carbonyl (C=O) groups is 1. The van der Waals surface area contributed by atoms with Gasteiger partial charge in [-0.25, -0.2) is 0 Å². The van der Waals surface area contributed by atoms with E-state index in [-0.39, 0.29) is 11.7 Å². The highest BCUT2D eigenvalue weighted by Gasteiger charge is 2.21. The van der Waals surface area contributed by atoms with Gasteiger partial charge in [0.1, 0.15) is 5.75 Å². The topological polar surface area (TPSA) is 71.2 Å². The molecule has 2 aromatic carbocycles. The van der Waals surface area contributed by atoms with Crippen molar-refractivity contribution < 1.29 is 9.90 Å². The smallest absolute Gasteiger partial charge is 0.233 e. The number of aromatic hydroxyl groups is 1. The lowest BCUT2D eigenvalue weighted by Gasteiger charge is -2.14. The van der Waals surface area contributed by atoms with E-state index >= 15 is 0 Å². The van der Waals surface area contributed by atoms with Gasteiger partial charge in [-0.2, -0.15) is 0 Å². The minimum absolute atomic E-state index is 0.151. The van der Waals surface area contributed by atoms with E-state index in [4.69, 9.17) is 0 Å². The number of nitrogens with zero attached hydrogens (tertiary/aromatic N) is 4. The van der Waals surface area contributed by atoms with E-state index in [0.717, 1.165) is 36.7 Å². The normalized spacial score (nSPS) is 14.2. The van der Waals surface area contributed by atoms with Crippen LogP contribution >= 0.6 is 11.8 Å². The number of carbonyl (C=O) groups excluding carboxylic acids is 1. The average Bonchev–Trinajstić information content (AvgIpc) is 3.35. The molecule has 1 aliphatic rings. The summed E-state index contributed by atoms with van der Waals surface area (Å²) in [5.74, 6) is 1.32. The average molecular weight is 382 g/mol. The van der Waals surface area contributed by atoms with Gasteiger partial charge in [-0.3, -0.25) is 4.79 Å². The maximum atomic E-state index is 12.3. The fourth-order valence-corrected chi connectivity index (χ4v) is 4.38. The lowest BCUT2D eigenvalue weighted by molar-refractivity contribution is -0.127. The molecule has 0 unspecified atom stereocenters. The van der Waals surface area contributed by atoms with Crippen molar-refractivity contribution in [3.63, 3.8) is 0 Å². The lowest BCUT2D eigenvalue weighted by Crippen LogP contribution is -2.29. The van der Waals surface area contributed by atoms with Crippen molar-refractivity contribution in [2.75, 3.05) is 18.8 Å². The van der Waals surface area contributed by atoms with Gasteiger partial charge in [0.15, 0.2) is 11.0 Å². The first kappa shape index (κ1) is 17.9. The summed E-state index contributed by atoms with van der Waals surface area (Å²) in [6.07, 6.45) is 2.18. The first-order chi connectivity index (χ1) is 13.2. The van der Waals surface area contributed by atoms with E-state index in [0.29, 0.717) is 28.8 Å². The zero-order valence-electron chi connectivity index (χ0n) is 15.3. The number of phenolic OH excluding ortho intramolecular Hbond substituents is 1. The molecule has 0 saturated carbocycles. The largest absolute Gasteiger partial charge is 0.507 e. The summed E-state index contributed by atoms with van der Waals surface area (Å²) < 4.78 is 1.95. The molecule has 6 nitrogen and oxygen atoms in total. The molecule has 1 amide bonds. The Morgan fingerprint density at radius 1 is 1.15 bits per heavy atom. The van der Waals surface area contributed by atoms with Gasteiger partial charge in [-0.1, -0.05) is 36.0 Å². The number of aromatic nitrogens is 3. The molecule has 0 spiro atoms. The predicted octanol–water partition coefficient (Wildman–Crippen LogP) is 3.54. The molecule has 1 N–H and O–H groups in total. The summed E-state index contributed by atoms with van der Waals surface area (Å²) in [5, 5.41) is 21.8. The Bertz CT molecular complexity index is 979. The van der Waals surface area contributed by atoms with Crippen LogP contribution in [0.3, 0.4) is 0 Å². The van der Waals surface area contributed by atoms with Crippen molar-refractivity contribution in [3.8, 4) is 17.1 Å². The molecule has 0 aliphatic carbocycles. The Kier molecular flexibility index (Phi) is 5.03. The van der Waals surface area contributed by atoms with E-state index in [9.17, 15) is 9.90 Å². The summed E-state index contributed by atoms with van der Waals surface area (Å²) in [5.41, 5.74) is 0.653. The molecule has 3 aromatic rings. The minimum atomic E-state index is 0.151. The molecular weight excluding hydrogens is 360 g/mol. The first-order valence-corrected chi connectivity index (χ1v) is 10.2. The molecule has 2 heterocycles. The van der Waals surface area contributed by atoms with Gasteiger partial charge in [-0.15, -0.1) is 10.2 Å². The minimum Gasteiger partial charge on any atom is -0.507 e. The zero-order valence-corrected chi connectivity index (χ0v) is 16.1. The Hall–Kier alpha value is -2.54. The molecule has 0 radical (unpaired) electrons. The molecule has 0 bridgehead atoms. The van der Waals surface area contributed by atoms with Gasteiger partial charge in [0.25, 0.3) is 0 Å². The number of hydrogen-bond acceptors (Lipinski definition) is 5. The summed E-state index contributed by atoms with van der Waals surface area (Å²) in [6, 6.07) is 11.6. The number of hydrogen-bond donors (Lipinski definition) is 1. The Morgan fingerprint density at radius 3 is 2.56 bits per heavy atom. The number of benzene rings is 2. The van der Waals surface area contributed by atoms with Crippen molar-refractivity contribution in [2.45, 2.75) is 31.5 Å². The second-order valence-electron chi connectivity index (χ2n) is 6.64. The fraction of sp³-hybridized carbons (Fsp3) is 0.350. The van der Waals surface area contributed by atoms with Crippen LogP contribution in [-0.4, -0.2) is 49.5 Å². The lowest BCUT2D eigenvalue weighted by atomic mass is 10.1. The van der Waals surface area contributed by atoms with Crippen molar-refractivity contribution >= 4 is 28.4 Å². The monoisotopic (exact) mass is 382 g/mol. The second kappa shape index (κ2) is 7.60. The highest BCUT2D eigenvalue weighted by Crippen LogP contribution is 2.34. The number of rotatable bonds is 5. The van der Waals surface area contributed by atoms with E-state index in [2.05, 4.69) is 10.2 Å². The van der Waals surface area contributed by atoms with E-state index in [1.165, 1.54) is 11.8 Å². The standard InChI is InChI=1S/C20H22N4O2S/c1-2-24-19(16-11-14-7-3-4-8-15(14)12-17(16)25)21-22-20(24)27-13-18(26)23-9-5-6-10-23/h3-4,7-8,11-12,25H,2,5-6,9-10,13H2,1H3. The maximum Gasteiger partial charge on any atom is 0.233 e. The number of amides is 1. The molecule has 140 valence electrons. The van der Waals surface area contributed by atoms with Crippen LogP contribution in [0.2, 0.25) is 0 Å². The molecule has 1 aromatic heterocycles. The van der Waals surface area contributed by atoms with Crippen molar-refractivity contribution in [1.29, 1.82) is 0 Å². The summed E-state index contributed by atoms with van der Waals surface area (Å²) in [7, 11) is 0. The zero-order chi connectivity index (χ0) is 18.8. The van der Waals surface area contributed by atoms with Gasteiger partial charge in [0.2, 0.25) is 5.91 Å². The van der Waals surface area contributed by atoms with Crippen molar-refractivity contribution in [2.24, 2.45) is 0 Å². The van der Waals surface area contributed by atoms with Crippen LogP contribution in [-0.2, 0) is 11.3 Å². The van der Waals surface area contributed by atoms with Crippen molar-refractivity contribution in [1.82, 2.24) is 19.7 Å². The number of likely N-dealkylation sites (tertiary alicyclic amines) is 1. The molecule has 27 heavy (non-hydrogen) atoms. The number of phenols is 1. The number of fused-ring (bicyclic) bond motifs is 1. The summed E-state index contributed by atoms with van der Waals surface area (Å²) in [6.45, 7) is 4.39. The molecule has 0 atom stereocenters. The third-order valence-electron chi connectivity index (χ3n) is 4.92. The predicted molar refractivity (Wildman–Crippen MR) is 107 cm³/mol. The second-order valence-corrected chi connectivity index (χ2v) is 7.59. The third kappa shape index (κ3) is 3.51. The van der Waals surface area contributed by atoms with Crippen LogP contribution in [0, 0.1) is 0 Å². The quantitative estimate of drug-likeness (QED) is 0.684. The maximum absolute atomic E-state index is 12.3. The van der Waals surface area contributed by atoms with Crippen LogP contribution in [0.4, 0.5) is 0 Å². The molecule has 7 heteroatoms. The van der Waals surface area contributed by atoms with Gasteiger partial charge < -0.3 is 14.6 Å². The Labute approximate surface area is 162 Å². The van der Waals surface area contributed by atoms with Gasteiger partial charge >= 0.3 is 0 Å². The Morgan fingerprint density at radius 2 is 1.85 bits per heavy atom. The fourth-order valence-electron chi connectivity index (χ4n) is 3.47. The van der Waals surface area contributed by atoms with Crippen LogP contribution in [0.1, 0.15) is 19.8 Å². The van der Waals surface area contributed by atoms with E-state index < -0.39 is 0 Å². The molecule has 1 saturated heterocycles. The van der Waals surface area contributed by atoms with Crippen LogP contribution in [0.15, 0.2) is 41.6 Å². The van der Waals surface area contributed by atoms with Crippen LogP contribution in [0.25, 0.3) is 22.2 Å². The van der Waals surface area contributed by atoms with E-state index in [1.807, 2.05) is 46.7 Å². The van der Waals surface area contributed by atoms with Crippen LogP contribution in [0.5, 0.6) is 5.75 Å². The van der Waals surface area contributed by atoms with Gasteiger partial charge in [0.05, 0.1) is 11.3 Å². The first-order valence-electron chi connectivity index (χ1n) is 9.23. The highest BCUT2D eigenvalue weighted by atomic mass is 32.2. The summed E-state index contributed by atoms with van der Waals surface area (Å²) in [4.78, 5) is 14.2. The molecule has 1 aliphatic heterocycles. The Balaban J connectivity index is 1.61. The van der Waals surface area contributed by atoms with Gasteiger partial charge in [-0.05, 0) is 42.7 Å². The molecule has 4 rings (SSSR count). The van der Waals surface area contributed by atoms with E-state index in [1.54, 1.807) is 6.07 Å². The highest BCUT2D eigenvalue weighted by molar-refractivity contribution is 7.99. The van der Waals surface area contributed by atoms with Crippen molar-refractivity contribution in [3.05, 3.63) is 36.4 Å². The van der Waals surface area contributed by atoms with Gasteiger partial charge in [0, 0.05) is 19.6 Å².